The van der Waals surface area contributed by atoms with Gasteiger partial charge in [0.05, 0.1) is 16.2 Å². The zero-order valence-electron chi connectivity index (χ0n) is 13.4. The molecule has 0 aliphatic carbocycles. The van der Waals surface area contributed by atoms with Gasteiger partial charge in [-0.2, -0.15) is 0 Å². The Kier molecular flexibility index (Phi) is 4.34. The minimum Gasteiger partial charge on any atom is -0.481 e. The molecule has 1 aliphatic rings. The van der Waals surface area contributed by atoms with E-state index in [-0.39, 0.29) is 29.5 Å². The number of fused-ring (bicyclic) bond motifs is 1. The van der Waals surface area contributed by atoms with Gasteiger partial charge in [0.2, 0.25) is 0 Å². The van der Waals surface area contributed by atoms with E-state index in [0.29, 0.717) is 23.4 Å². The van der Waals surface area contributed by atoms with Crippen LogP contribution in [0.4, 0.5) is 17.1 Å². The highest BCUT2D eigenvalue weighted by Gasteiger charge is 2.23. The summed E-state index contributed by atoms with van der Waals surface area (Å²) in [6.45, 7) is 1.65. The Bertz CT molecular complexity index is 879. The smallest absolute Gasteiger partial charge is 0.274 e. The predicted octanol–water partition coefficient (Wildman–Crippen LogP) is 2.74. The Morgan fingerprint density at radius 1 is 1.36 bits per heavy atom. The van der Waals surface area contributed by atoms with E-state index in [1.165, 1.54) is 6.07 Å². The van der Waals surface area contributed by atoms with Crippen molar-refractivity contribution in [3.8, 4) is 5.75 Å². The van der Waals surface area contributed by atoms with Crippen molar-refractivity contribution in [2.24, 2.45) is 0 Å². The summed E-state index contributed by atoms with van der Waals surface area (Å²) >= 11 is 0. The minimum atomic E-state index is -0.480. The molecule has 25 heavy (non-hydrogen) atoms. The first-order chi connectivity index (χ1) is 12.0. The van der Waals surface area contributed by atoms with E-state index >= 15 is 0 Å². The number of benzene rings is 2. The molecule has 8 nitrogen and oxygen atoms in total. The molecule has 2 N–H and O–H groups in total. The predicted molar refractivity (Wildman–Crippen MR) is 91.0 cm³/mol. The molecule has 0 unspecified atom stereocenters. The second-order valence-electron chi connectivity index (χ2n) is 5.43. The van der Waals surface area contributed by atoms with E-state index in [0.717, 1.165) is 0 Å². The Morgan fingerprint density at radius 3 is 2.88 bits per heavy atom. The monoisotopic (exact) mass is 341 g/mol. The molecule has 0 aromatic heterocycles. The number of rotatable bonds is 4. The molecule has 2 amide bonds. The standard InChI is InChI=1S/C17H15N3O5/c1-2-10-6-7-11(8-14(10)20(23)24)18-17(22)12-4-3-5-13-16(12)25-9-15(21)19-13/h3-8H,2,9H2,1H3,(H,18,22)(H,19,21). The van der Waals surface area contributed by atoms with Gasteiger partial charge >= 0.3 is 0 Å². The molecule has 2 aromatic carbocycles. The van der Waals surface area contributed by atoms with Crippen LogP contribution in [0.2, 0.25) is 0 Å². The van der Waals surface area contributed by atoms with Crippen molar-refractivity contribution in [3.05, 3.63) is 57.6 Å². The highest BCUT2D eigenvalue weighted by atomic mass is 16.6. The number of amides is 2. The lowest BCUT2D eigenvalue weighted by Crippen LogP contribution is -2.27. The number of para-hydroxylation sites is 1. The number of nitrogens with zero attached hydrogens (tertiary/aromatic N) is 1. The largest absolute Gasteiger partial charge is 0.481 e. The van der Waals surface area contributed by atoms with Gasteiger partial charge in [0.15, 0.2) is 12.4 Å². The molecule has 3 rings (SSSR count). The van der Waals surface area contributed by atoms with Crippen LogP contribution in [0.25, 0.3) is 0 Å². The van der Waals surface area contributed by atoms with Crippen molar-refractivity contribution in [3.63, 3.8) is 0 Å². The zero-order valence-corrected chi connectivity index (χ0v) is 13.4. The number of aryl methyl sites for hydroxylation is 1. The van der Waals surface area contributed by atoms with Crippen LogP contribution >= 0.6 is 0 Å². The molecular weight excluding hydrogens is 326 g/mol. The van der Waals surface area contributed by atoms with Crippen molar-refractivity contribution < 1.29 is 19.2 Å². The molecule has 0 saturated heterocycles. The summed E-state index contributed by atoms with van der Waals surface area (Å²) in [6, 6.07) is 9.36. The normalized spacial score (nSPS) is 12.6. The summed E-state index contributed by atoms with van der Waals surface area (Å²) in [5.41, 5.74) is 1.51. The van der Waals surface area contributed by atoms with Crippen molar-refractivity contribution in [2.75, 3.05) is 17.2 Å². The van der Waals surface area contributed by atoms with Gasteiger partial charge in [0.25, 0.3) is 17.5 Å². The van der Waals surface area contributed by atoms with Crippen LogP contribution in [0.5, 0.6) is 5.75 Å². The molecule has 0 radical (unpaired) electrons. The number of carbonyl (C=O) groups excluding carboxylic acids is 2. The number of anilines is 2. The number of ether oxygens (including phenoxy) is 1. The molecule has 0 spiro atoms. The summed E-state index contributed by atoms with van der Waals surface area (Å²) in [6.07, 6.45) is 0.518. The first kappa shape index (κ1) is 16.4. The number of nitrogens with one attached hydrogen (secondary N) is 2. The van der Waals surface area contributed by atoms with Crippen LogP contribution in [0.15, 0.2) is 36.4 Å². The van der Waals surface area contributed by atoms with Crippen LogP contribution in [-0.2, 0) is 11.2 Å². The second kappa shape index (κ2) is 6.60. The van der Waals surface area contributed by atoms with Crippen LogP contribution in [0.3, 0.4) is 0 Å². The fourth-order valence-electron chi connectivity index (χ4n) is 2.60. The van der Waals surface area contributed by atoms with Gasteiger partial charge in [-0.15, -0.1) is 0 Å². The fraction of sp³-hybridized carbons (Fsp3) is 0.176. The van der Waals surface area contributed by atoms with Crippen LogP contribution in [0, 0.1) is 10.1 Å². The summed E-state index contributed by atoms with van der Waals surface area (Å²) in [5, 5.41) is 16.4. The lowest BCUT2D eigenvalue weighted by atomic mass is 10.1. The Balaban J connectivity index is 1.89. The number of nitro benzene ring substituents is 1. The summed E-state index contributed by atoms with van der Waals surface area (Å²) in [7, 11) is 0. The van der Waals surface area contributed by atoms with Crippen molar-refractivity contribution in [1.29, 1.82) is 0 Å². The van der Waals surface area contributed by atoms with E-state index in [2.05, 4.69) is 10.6 Å². The number of hydrogen-bond acceptors (Lipinski definition) is 5. The van der Waals surface area contributed by atoms with Gasteiger partial charge in [0, 0.05) is 17.3 Å². The maximum absolute atomic E-state index is 12.5. The third-order valence-corrected chi connectivity index (χ3v) is 3.80. The van der Waals surface area contributed by atoms with Crippen molar-refractivity contribution >= 4 is 28.9 Å². The summed E-state index contributed by atoms with van der Waals surface area (Å²) < 4.78 is 5.34. The molecule has 8 heteroatoms. The third kappa shape index (κ3) is 3.27. The average molecular weight is 341 g/mol. The van der Waals surface area contributed by atoms with Crippen molar-refractivity contribution in [1.82, 2.24) is 0 Å². The second-order valence-corrected chi connectivity index (χ2v) is 5.43. The zero-order chi connectivity index (χ0) is 18.0. The van der Waals surface area contributed by atoms with Crippen LogP contribution in [-0.4, -0.2) is 23.3 Å². The molecule has 0 bridgehead atoms. The van der Waals surface area contributed by atoms with Gasteiger partial charge in [-0.3, -0.25) is 19.7 Å². The minimum absolute atomic E-state index is 0.0427. The maximum atomic E-state index is 12.5. The van der Waals surface area contributed by atoms with Gasteiger partial charge in [-0.05, 0) is 24.6 Å². The molecule has 1 heterocycles. The lowest BCUT2D eigenvalue weighted by molar-refractivity contribution is -0.385. The van der Waals surface area contributed by atoms with Gasteiger partial charge < -0.3 is 15.4 Å². The maximum Gasteiger partial charge on any atom is 0.274 e. The Hall–Kier alpha value is -3.42. The van der Waals surface area contributed by atoms with E-state index in [1.54, 1.807) is 30.3 Å². The number of hydrogen-bond donors (Lipinski definition) is 2. The first-order valence-corrected chi connectivity index (χ1v) is 7.64. The fourth-order valence-corrected chi connectivity index (χ4v) is 2.60. The molecule has 0 fully saturated rings. The average Bonchev–Trinajstić information content (AvgIpc) is 2.60. The first-order valence-electron chi connectivity index (χ1n) is 7.64. The van der Waals surface area contributed by atoms with E-state index < -0.39 is 10.8 Å². The molecule has 0 atom stereocenters. The quantitative estimate of drug-likeness (QED) is 0.656. The molecule has 2 aromatic rings. The van der Waals surface area contributed by atoms with Gasteiger partial charge in [-0.1, -0.05) is 19.1 Å². The Morgan fingerprint density at radius 2 is 2.16 bits per heavy atom. The van der Waals surface area contributed by atoms with Gasteiger partial charge in [0.1, 0.15) is 0 Å². The van der Waals surface area contributed by atoms with E-state index in [1.807, 2.05) is 6.92 Å². The van der Waals surface area contributed by atoms with Gasteiger partial charge in [-0.25, -0.2) is 0 Å². The summed E-state index contributed by atoms with van der Waals surface area (Å²) in [4.78, 5) is 34.6. The lowest BCUT2D eigenvalue weighted by Gasteiger charge is -2.20. The number of carbonyl (C=O) groups is 2. The molecule has 0 saturated carbocycles. The topological polar surface area (TPSA) is 111 Å². The van der Waals surface area contributed by atoms with Crippen LogP contribution in [0.1, 0.15) is 22.8 Å². The SMILES string of the molecule is CCc1ccc(NC(=O)c2cccc3c2OCC(=O)N3)cc1[N+](=O)[O-]. The summed E-state index contributed by atoms with van der Waals surface area (Å²) in [5.74, 6) is -0.498. The third-order valence-electron chi connectivity index (χ3n) is 3.80. The number of nitro groups is 1. The highest BCUT2D eigenvalue weighted by Crippen LogP contribution is 2.32. The van der Waals surface area contributed by atoms with E-state index in [9.17, 15) is 19.7 Å². The Labute approximate surface area is 142 Å². The molecule has 1 aliphatic heterocycles. The molecule has 128 valence electrons. The van der Waals surface area contributed by atoms with E-state index in [4.69, 9.17) is 4.74 Å². The molecular formula is C17H15N3O5. The van der Waals surface area contributed by atoms with Crippen molar-refractivity contribution in [2.45, 2.75) is 13.3 Å². The highest BCUT2D eigenvalue weighted by molar-refractivity contribution is 6.09. The van der Waals surface area contributed by atoms with Crippen LogP contribution < -0.4 is 15.4 Å².